The summed E-state index contributed by atoms with van der Waals surface area (Å²) in [6.07, 6.45) is -4.72. The van der Waals surface area contributed by atoms with Crippen LogP contribution in [0.5, 0.6) is 5.75 Å². The molecule has 3 nitrogen and oxygen atoms in total. The van der Waals surface area contributed by atoms with Crippen molar-refractivity contribution in [1.82, 2.24) is 0 Å². The fraction of sp³-hybridized carbons (Fsp3) is 0.143. The van der Waals surface area contributed by atoms with E-state index in [1.807, 2.05) is 19.1 Å². The zero-order valence-corrected chi connectivity index (χ0v) is 12.5. The van der Waals surface area contributed by atoms with Gasteiger partial charge in [-0.1, -0.05) is 6.07 Å². The number of nitrogens with one attached hydrogen (secondary N) is 1. The highest BCUT2D eigenvalue weighted by Gasteiger charge is 2.31. The number of benzene rings is 2. The van der Waals surface area contributed by atoms with Gasteiger partial charge in [-0.15, -0.1) is 13.2 Å². The molecule has 0 heterocycles. The fourth-order valence-electron chi connectivity index (χ4n) is 1.67. The van der Waals surface area contributed by atoms with E-state index in [9.17, 15) is 13.2 Å². The first kappa shape index (κ1) is 15.5. The van der Waals surface area contributed by atoms with Gasteiger partial charge in [-0.25, -0.2) is 0 Å². The predicted octanol–water partition coefficient (Wildman–Crippen LogP) is 4.98. The highest BCUT2D eigenvalue weighted by atomic mass is 79.9. The van der Waals surface area contributed by atoms with Gasteiger partial charge in [-0.3, -0.25) is 0 Å². The number of nitrogen functional groups attached to an aromatic ring is 1. The molecule has 2 aromatic carbocycles. The summed E-state index contributed by atoms with van der Waals surface area (Å²) in [6.45, 7) is 1.89. The maximum Gasteiger partial charge on any atom is 0.573 e. The first-order valence-electron chi connectivity index (χ1n) is 5.93. The van der Waals surface area contributed by atoms with Crippen LogP contribution in [-0.2, 0) is 0 Å². The van der Waals surface area contributed by atoms with E-state index in [1.165, 1.54) is 18.2 Å². The maximum absolute atomic E-state index is 12.2. The van der Waals surface area contributed by atoms with Gasteiger partial charge in [0.25, 0.3) is 0 Å². The first-order valence-corrected chi connectivity index (χ1v) is 6.72. The molecular weight excluding hydrogens is 349 g/mol. The molecule has 0 unspecified atom stereocenters. The van der Waals surface area contributed by atoms with Gasteiger partial charge in [0.1, 0.15) is 5.75 Å². The number of alkyl halides is 3. The lowest BCUT2D eigenvalue weighted by molar-refractivity contribution is -0.274. The molecule has 0 radical (unpaired) electrons. The van der Waals surface area contributed by atoms with E-state index in [1.54, 1.807) is 6.07 Å². The number of ether oxygens (including phenoxy) is 1. The number of aryl methyl sites for hydroxylation is 1. The topological polar surface area (TPSA) is 47.3 Å². The molecule has 0 aliphatic carbocycles. The Hall–Kier alpha value is -1.89. The van der Waals surface area contributed by atoms with Gasteiger partial charge >= 0.3 is 6.36 Å². The van der Waals surface area contributed by atoms with E-state index in [0.29, 0.717) is 11.4 Å². The van der Waals surface area contributed by atoms with Crippen molar-refractivity contribution in [3.8, 4) is 5.75 Å². The molecule has 0 aliphatic heterocycles. The lowest BCUT2D eigenvalue weighted by atomic mass is 10.2. The third kappa shape index (κ3) is 4.29. The molecule has 0 bridgehead atoms. The van der Waals surface area contributed by atoms with Crippen molar-refractivity contribution in [2.45, 2.75) is 13.3 Å². The molecule has 0 spiro atoms. The number of hydrogen-bond donors (Lipinski definition) is 2. The van der Waals surface area contributed by atoms with E-state index in [2.05, 4.69) is 26.0 Å². The number of halogens is 4. The zero-order valence-electron chi connectivity index (χ0n) is 11.0. The molecule has 0 amide bonds. The van der Waals surface area contributed by atoms with Crippen LogP contribution in [0, 0.1) is 6.92 Å². The average molecular weight is 361 g/mol. The van der Waals surface area contributed by atoms with Gasteiger partial charge in [0, 0.05) is 17.1 Å². The van der Waals surface area contributed by atoms with Crippen molar-refractivity contribution in [3.63, 3.8) is 0 Å². The summed E-state index contributed by atoms with van der Waals surface area (Å²) in [7, 11) is 0. The van der Waals surface area contributed by atoms with Gasteiger partial charge in [-0.2, -0.15) is 0 Å². The summed E-state index contributed by atoms with van der Waals surface area (Å²) >= 11 is 3.05. The quantitative estimate of drug-likeness (QED) is 0.758. The number of nitrogens with two attached hydrogens (primary N) is 1. The molecule has 0 saturated heterocycles. The summed E-state index contributed by atoms with van der Waals surface area (Å²) < 4.78 is 40.6. The van der Waals surface area contributed by atoms with E-state index in [4.69, 9.17) is 5.73 Å². The highest BCUT2D eigenvalue weighted by molar-refractivity contribution is 9.10. The third-order valence-electron chi connectivity index (χ3n) is 2.73. The van der Waals surface area contributed by atoms with Crippen LogP contribution in [0.15, 0.2) is 40.9 Å². The molecule has 0 saturated carbocycles. The minimum Gasteiger partial charge on any atom is -0.405 e. The first-order chi connectivity index (χ1) is 9.74. The van der Waals surface area contributed by atoms with Crippen LogP contribution >= 0.6 is 15.9 Å². The predicted molar refractivity (Wildman–Crippen MR) is 79.7 cm³/mol. The van der Waals surface area contributed by atoms with Gasteiger partial charge in [0.15, 0.2) is 0 Å². The second-order valence-corrected chi connectivity index (χ2v) is 5.24. The Labute approximate surface area is 128 Å². The van der Waals surface area contributed by atoms with Crippen LogP contribution in [0.3, 0.4) is 0 Å². The Kier molecular flexibility index (Phi) is 4.32. The minimum atomic E-state index is -4.72. The Bertz CT molecular complexity index is 659. The average Bonchev–Trinajstić information content (AvgIpc) is 2.36. The normalized spacial score (nSPS) is 11.3. The molecule has 7 heteroatoms. The lowest BCUT2D eigenvalue weighted by Gasteiger charge is -2.13. The second kappa shape index (κ2) is 5.85. The van der Waals surface area contributed by atoms with Crippen molar-refractivity contribution in [1.29, 1.82) is 0 Å². The van der Waals surface area contributed by atoms with Crippen LogP contribution in [0.4, 0.5) is 30.2 Å². The highest BCUT2D eigenvalue weighted by Crippen LogP contribution is 2.33. The Morgan fingerprint density at radius 1 is 1.10 bits per heavy atom. The lowest BCUT2D eigenvalue weighted by Crippen LogP contribution is -2.17. The van der Waals surface area contributed by atoms with Gasteiger partial charge in [0.2, 0.25) is 0 Å². The number of rotatable bonds is 3. The van der Waals surface area contributed by atoms with Crippen molar-refractivity contribution in [2.75, 3.05) is 11.1 Å². The smallest absolute Gasteiger partial charge is 0.405 e. The second-order valence-electron chi connectivity index (χ2n) is 4.39. The summed E-state index contributed by atoms with van der Waals surface area (Å²) in [5.41, 5.74) is 8.75. The fourth-order valence-corrected chi connectivity index (χ4v) is 2.13. The molecule has 21 heavy (non-hydrogen) atoms. The standard InChI is InChI=1S/C14H12BrF3N2O/c1-8-2-3-10(7-12(8)19)20-9-4-5-13(11(15)6-9)21-14(16,17)18/h2-7,20H,19H2,1H3. The van der Waals surface area contributed by atoms with Crippen molar-refractivity contribution >= 4 is 33.0 Å². The van der Waals surface area contributed by atoms with Gasteiger partial charge < -0.3 is 15.8 Å². The number of anilines is 3. The van der Waals surface area contributed by atoms with E-state index >= 15 is 0 Å². The van der Waals surface area contributed by atoms with Crippen molar-refractivity contribution < 1.29 is 17.9 Å². The van der Waals surface area contributed by atoms with E-state index in [0.717, 1.165) is 11.3 Å². The zero-order chi connectivity index (χ0) is 15.6. The van der Waals surface area contributed by atoms with Crippen LogP contribution < -0.4 is 15.8 Å². The summed E-state index contributed by atoms with van der Waals surface area (Å²) in [4.78, 5) is 0. The minimum absolute atomic E-state index is 0.199. The Morgan fingerprint density at radius 3 is 2.29 bits per heavy atom. The van der Waals surface area contributed by atoms with E-state index < -0.39 is 6.36 Å². The summed E-state index contributed by atoms with van der Waals surface area (Å²) in [6, 6.07) is 9.66. The number of hydrogen-bond acceptors (Lipinski definition) is 3. The Morgan fingerprint density at radius 2 is 1.71 bits per heavy atom. The molecule has 3 N–H and O–H groups in total. The molecule has 0 fully saturated rings. The molecule has 0 atom stereocenters. The summed E-state index contributed by atoms with van der Waals surface area (Å²) in [5.74, 6) is -0.295. The molecule has 2 aromatic rings. The van der Waals surface area contributed by atoms with E-state index in [-0.39, 0.29) is 10.2 Å². The molecule has 2 rings (SSSR count). The van der Waals surface area contributed by atoms with Crippen LogP contribution in [0.2, 0.25) is 0 Å². The van der Waals surface area contributed by atoms with Crippen LogP contribution in [0.25, 0.3) is 0 Å². The monoisotopic (exact) mass is 360 g/mol. The SMILES string of the molecule is Cc1ccc(Nc2ccc(OC(F)(F)F)c(Br)c2)cc1N. The molecule has 0 aromatic heterocycles. The maximum atomic E-state index is 12.2. The molecule has 112 valence electrons. The van der Waals surface area contributed by atoms with Crippen molar-refractivity contribution in [3.05, 3.63) is 46.4 Å². The third-order valence-corrected chi connectivity index (χ3v) is 3.35. The molecular formula is C14H12BrF3N2O. The Balaban J connectivity index is 2.18. The summed E-state index contributed by atoms with van der Waals surface area (Å²) in [5, 5.41) is 3.06. The van der Waals surface area contributed by atoms with Crippen LogP contribution in [-0.4, -0.2) is 6.36 Å². The van der Waals surface area contributed by atoms with Crippen LogP contribution in [0.1, 0.15) is 5.56 Å². The van der Waals surface area contributed by atoms with Gasteiger partial charge in [-0.05, 0) is 58.7 Å². The van der Waals surface area contributed by atoms with Gasteiger partial charge in [0.05, 0.1) is 4.47 Å². The largest absolute Gasteiger partial charge is 0.573 e. The van der Waals surface area contributed by atoms with Crippen molar-refractivity contribution in [2.24, 2.45) is 0 Å². The molecule has 0 aliphatic rings.